The van der Waals surface area contributed by atoms with E-state index in [9.17, 15) is 0 Å². The Kier molecular flexibility index (Phi) is 7.10. The lowest BCUT2D eigenvalue weighted by Gasteiger charge is -2.18. The van der Waals surface area contributed by atoms with Gasteiger partial charge in [-0.3, -0.25) is 0 Å². The summed E-state index contributed by atoms with van der Waals surface area (Å²) in [4.78, 5) is 2.40. The molecule has 0 unspecified atom stereocenters. The van der Waals surface area contributed by atoms with Crippen molar-refractivity contribution in [2.24, 2.45) is 0 Å². The van der Waals surface area contributed by atoms with Gasteiger partial charge in [0, 0.05) is 25.7 Å². The summed E-state index contributed by atoms with van der Waals surface area (Å²) in [5.41, 5.74) is 1.98. The molecule has 1 heterocycles. The lowest BCUT2D eigenvalue weighted by Crippen LogP contribution is -2.33. The highest BCUT2D eigenvalue weighted by molar-refractivity contribution is 5.35. The van der Waals surface area contributed by atoms with Gasteiger partial charge in [0.05, 0.1) is 11.4 Å². The number of para-hydroxylation sites is 1. The molecule has 0 atom stereocenters. The van der Waals surface area contributed by atoms with E-state index in [1.165, 1.54) is 0 Å². The van der Waals surface area contributed by atoms with Crippen LogP contribution < -0.4 is 10.1 Å². The molecule has 2 aromatic rings. The molecule has 0 fully saturated rings. The Morgan fingerprint density at radius 2 is 1.87 bits per heavy atom. The van der Waals surface area contributed by atoms with E-state index in [1.54, 1.807) is 0 Å². The number of rotatable bonds is 10. The molecule has 5 heteroatoms. The first kappa shape index (κ1) is 17.5. The summed E-state index contributed by atoms with van der Waals surface area (Å²) < 4.78 is 7.75. The number of nitrogens with zero attached hydrogens (tertiary/aromatic N) is 3. The molecule has 1 aromatic carbocycles. The fraction of sp³-hybridized carbons (Fsp3) is 0.500. The Labute approximate surface area is 139 Å². The molecule has 1 N–H and O–H groups in total. The van der Waals surface area contributed by atoms with E-state index in [4.69, 9.17) is 4.74 Å². The Morgan fingerprint density at radius 3 is 2.57 bits per heavy atom. The van der Waals surface area contributed by atoms with Gasteiger partial charge in [-0.1, -0.05) is 32.0 Å². The highest BCUT2D eigenvalue weighted by Gasteiger charge is 2.08. The molecule has 0 radical (unpaired) electrons. The maximum atomic E-state index is 5.90. The number of benzene rings is 1. The van der Waals surface area contributed by atoms with Gasteiger partial charge in [-0.15, -0.1) is 0 Å². The molecule has 0 amide bonds. The fourth-order valence-electron chi connectivity index (χ4n) is 2.46. The molecule has 0 aliphatic carbocycles. The first-order chi connectivity index (χ1) is 11.2. The van der Waals surface area contributed by atoms with Crippen molar-refractivity contribution in [1.29, 1.82) is 0 Å². The van der Waals surface area contributed by atoms with Crippen LogP contribution in [-0.2, 0) is 0 Å². The first-order valence-electron chi connectivity index (χ1n) is 8.42. The molecule has 0 aliphatic rings. The predicted molar refractivity (Wildman–Crippen MR) is 94.5 cm³/mol. The maximum absolute atomic E-state index is 5.90. The van der Waals surface area contributed by atoms with Gasteiger partial charge >= 0.3 is 0 Å². The van der Waals surface area contributed by atoms with Crippen molar-refractivity contribution in [3.05, 3.63) is 42.1 Å². The zero-order valence-corrected chi connectivity index (χ0v) is 14.5. The van der Waals surface area contributed by atoms with Crippen LogP contribution in [0.4, 0.5) is 0 Å². The standard InChI is InChI=1S/C18H28N4O/c1-4-21(5-2)13-11-19-12-14-23-18-15-16(3)20-22(18)17-9-7-6-8-10-17/h6-10,15,19H,4-5,11-14H2,1-3H3. The number of hydrogen-bond donors (Lipinski definition) is 1. The van der Waals surface area contributed by atoms with Crippen LogP contribution in [0.1, 0.15) is 19.5 Å². The SMILES string of the molecule is CCN(CC)CCNCCOc1cc(C)nn1-c1ccccc1. The molecule has 1 aromatic heterocycles. The van der Waals surface area contributed by atoms with E-state index in [2.05, 4.69) is 29.2 Å². The van der Waals surface area contributed by atoms with Crippen molar-refractivity contribution < 1.29 is 4.74 Å². The van der Waals surface area contributed by atoms with Crippen molar-refractivity contribution in [3.8, 4) is 11.6 Å². The molecule has 23 heavy (non-hydrogen) atoms. The van der Waals surface area contributed by atoms with E-state index < -0.39 is 0 Å². The monoisotopic (exact) mass is 316 g/mol. The number of likely N-dealkylation sites (N-methyl/N-ethyl adjacent to an activating group) is 1. The summed E-state index contributed by atoms with van der Waals surface area (Å²) in [6, 6.07) is 12.0. The van der Waals surface area contributed by atoms with Gasteiger partial charge in [0.2, 0.25) is 5.88 Å². The zero-order chi connectivity index (χ0) is 16.5. The molecule has 0 spiro atoms. The zero-order valence-electron chi connectivity index (χ0n) is 14.5. The van der Waals surface area contributed by atoms with E-state index in [-0.39, 0.29) is 0 Å². The molecular weight excluding hydrogens is 288 g/mol. The van der Waals surface area contributed by atoms with Crippen LogP contribution in [0.25, 0.3) is 5.69 Å². The normalized spacial score (nSPS) is 11.1. The summed E-state index contributed by atoms with van der Waals surface area (Å²) in [7, 11) is 0. The third kappa shape index (κ3) is 5.37. The largest absolute Gasteiger partial charge is 0.476 e. The molecule has 0 bridgehead atoms. The number of ether oxygens (including phenoxy) is 1. The second-order valence-electron chi connectivity index (χ2n) is 5.50. The van der Waals surface area contributed by atoms with E-state index >= 15 is 0 Å². The lowest BCUT2D eigenvalue weighted by atomic mass is 10.3. The highest BCUT2D eigenvalue weighted by atomic mass is 16.5. The average Bonchev–Trinajstić information content (AvgIpc) is 2.96. The lowest BCUT2D eigenvalue weighted by molar-refractivity contribution is 0.277. The van der Waals surface area contributed by atoms with Gasteiger partial charge in [0.1, 0.15) is 6.61 Å². The molecular formula is C18H28N4O. The summed E-state index contributed by atoms with van der Waals surface area (Å²) in [5, 5.41) is 7.93. The van der Waals surface area contributed by atoms with Gasteiger partial charge in [-0.25, -0.2) is 4.68 Å². The Balaban J connectivity index is 1.78. The molecule has 0 aliphatic heterocycles. The van der Waals surface area contributed by atoms with Crippen LogP contribution in [0.3, 0.4) is 0 Å². The van der Waals surface area contributed by atoms with Crippen LogP contribution in [0.15, 0.2) is 36.4 Å². The summed E-state index contributed by atoms with van der Waals surface area (Å²) in [5.74, 6) is 0.791. The van der Waals surface area contributed by atoms with Crippen molar-refractivity contribution in [1.82, 2.24) is 20.0 Å². The van der Waals surface area contributed by atoms with Gasteiger partial charge in [-0.2, -0.15) is 5.10 Å². The maximum Gasteiger partial charge on any atom is 0.216 e. The van der Waals surface area contributed by atoms with E-state index in [0.717, 1.165) is 50.0 Å². The van der Waals surface area contributed by atoms with E-state index in [0.29, 0.717) is 6.61 Å². The summed E-state index contributed by atoms with van der Waals surface area (Å²) in [6.07, 6.45) is 0. The molecule has 0 saturated carbocycles. The molecule has 126 valence electrons. The molecule has 0 saturated heterocycles. The fourth-order valence-corrected chi connectivity index (χ4v) is 2.46. The average molecular weight is 316 g/mol. The van der Waals surface area contributed by atoms with Crippen LogP contribution in [0.2, 0.25) is 0 Å². The number of hydrogen-bond acceptors (Lipinski definition) is 4. The Bertz CT molecular complexity index is 564. The van der Waals surface area contributed by atoms with Crippen molar-refractivity contribution in [2.45, 2.75) is 20.8 Å². The number of aryl methyl sites for hydroxylation is 1. The minimum absolute atomic E-state index is 0.635. The van der Waals surface area contributed by atoms with Gasteiger partial charge in [0.15, 0.2) is 0 Å². The highest BCUT2D eigenvalue weighted by Crippen LogP contribution is 2.18. The second-order valence-corrected chi connectivity index (χ2v) is 5.50. The van der Waals surface area contributed by atoms with Crippen molar-refractivity contribution in [2.75, 3.05) is 39.3 Å². The van der Waals surface area contributed by atoms with Gasteiger partial charge in [0.25, 0.3) is 0 Å². The Morgan fingerprint density at radius 1 is 1.13 bits per heavy atom. The molecule has 5 nitrogen and oxygen atoms in total. The first-order valence-corrected chi connectivity index (χ1v) is 8.42. The minimum atomic E-state index is 0.635. The van der Waals surface area contributed by atoms with Crippen LogP contribution in [-0.4, -0.2) is 54.0 Å². The van der Waals surface area contributed by atoms with Gasteiger partial charge < -0.3 is 15.0 Å². The third-order valence-corrected chi connectivity index (χ3v) is 3.83. The van der Waals surface area contributed by atoms with Crippen molar-refractivity contribution >= 4 is 0 Å². The van der Waals surface area contributed by atoms with E-state index in [1.807, 2.05) is 48.0 Å². The van der Waals surface area contributed by atoms with Crippen molar-refractivity contribution in [3.63, 3.8) is 0 Å². The summed E-state index contributed by atoms with van der Waals surface area (Å²) >= 11 is 0. The predicted octanol–water partition coefficient (Wildman–Crippen LogP) is 2.49. The minimum Gasteiger partial charge on any atom is -0.476 e. The second kappa shape index (κ2) is 9.33. The van der Waals surface area contributed by atoms with Crippen LogP contribution in [0.5, 0.6) is 5.88 Å². The smallest absolute Gasteiger partial charge is 0.216 e. The number of aromatic nitrogens is 2. The number of nitrogens with one attached hydrogen (secondary N) is 1. The topological polar surface area (TPSA) is 42.3 Å². The van der Waals surface area contributed by atoms with Crippen LogP contribution >= 0.6 is 0 Å². The third-order valence-electron chi connectivity index (χ3n) is 3.83. The summed E-state index contributed by atoms with van der Waals surface area (Å²) in [6.45, 7) is 12.1. The van der Waals surface area contributed by atoms with Crippen LogP contribution in [0, 0.1) is 6.92 Å². The quantitative estimate of drug-likeness (QED) is 0.684. The molecule has 2 rings (SSSR count). The Hall–Kier alpha value is -1.85. The van der Waals surface area contributed by atoms with Gasteiger partial charge in [-0.05, 0) is 32.1 Å².